The number of benzene rings is 1. The molecule has 4 heteroatoms. The molecule has 0 radical (unpaired) electrons. The van der Waals surface area contributed by atoms with E-state index >= 15 is 0 Å². The minimum absolute atomic E-state index is 0.141. The van der Waals surface area contributed by atoms with E-state index in [0.717, 1.165) is 23.3 Å². The molecular formula is C11H15BrClNO. The zero-order valence-corrected chi connectivity index (χ0v) is 11.2. The number of ether oxygens (including phenoxy) is 1. The van der Waals surface area contributed by atoms with Crippen LogP contribution in [0.5, 0.6) is 5.75 Å². The zero-order chi connectivity index (χ0) is 11.3. The summed E-state index contributed by atoms with van der Waals surface area (Å²) in [6, 6.07) is 5.52. The number of nitrogens with one attached hydrogen (secondary N) is 1. The molecule has 15 heavy (non-hydrogen) atoms. The molecule has 1 aromatic rings. The van der Waals surface area contributed by atoms with E-state index in [-0.39, 0.29) is 6.10 Å². The summed E-state index contributed by atoms with van der Waals surface area (Å²) in [5, 5.41) is 3.94. The zero-order valence-electron chi connectivity index (χ0n) is 8.89. The van der Waals surface area contributed by atoms with E-state index in [4.69, 9.17) is 16.3 Å². The largest absolute Gasteiger partial charge is 0.488 e. The van der Waals surface area contributed by atoms with Crippen molar-refractivity contribution in [2.45, 2.75) is 20.0 Å². The fourth-order valence-electron chi connectivity index (χ4n) is 1.18. The second-order valence-electron chi connectivity index (χ2n) is 3.31. The molecule has 0 spiro atoms. The van der Waals surface area contributed by atoms with Gasteiger partial charge in [-0.25, -0.2) is 0 Å². The van der Waals surface area contributed by atoms with Crippen molar-refractivity contribution in [2.75, 3.05) is 13.1 Å². The third kappa shape index (κ3) is 4.41. The quantitative estimate of drug-likeness (QED) is 0.897. The highest BCUT2D eigenvalue weighted by Gasteiger charge is 2.06. The first-order valence-electron chi connectivity index (χ1n) is 4.96. The summed E-state index contributed by atoms with van der Waals surface area (Å²) in [5.74, 6) is 0.824. The molecule has 1 N–H and O–H groups in total. The van der Waals surface area contributed by atoms with Crippen molar-refractivity contribution in [3.63, 3.8) is 0 Å². The Hall–Kier alpha value is -0.250. The summed E-state index contributed by atoms with van der Waals surface area (Å²) in [4.78, 5) is 0. The van der Waals surface area contributed by atoms with E-state index in [0.29, 0.717) is 5.02 Å². The molecule has 2 nitrogen and oxygen atoms in total. The molecule has 0 aromatic heterocycles. The minimum Gasteiger partial charge on any atom is -0.488 e. The van der Waals surface area contributed by atoms with Gasteiger partial charge in [0.1, 0.15) is 11.9 Å². The number of rotatable bonds is 5. The van der Waals surface area contributed by atoms with Gasteiger partial charge in [-0.05, 0) is 47.6 Å². The van der Waals surface area contributed by atoms with Crippen molar-refractivity contribution in [1.82, 2.24) is 5.32 Å². The molecule has 1 aromatic carbocycles. The molecule has 84 valence electrons. The lowest BCUT2D eigenvalue weighted by Crippen LogP contribution is -2.28. The van der Waals surface area contributed by atoms with E-state index in [1.807, 2.05) is 25.1 Å². The van der Waals surface area contributed by atoms with Crippen LogP contribution in [0.15, 0.2) is 22.7 Å². The normalized spacial score (nSPS) is 12.5. The van der Waals surface area contributed by atoms with Crippen molar-refractivity contribution in [3.8, 4) is 5.75 Å². The molecule has 0 aliphatic carbocycles. The maximum Gasteiger partial charge on any atom is 0.134 e. The molecule has 0 amide bonds. The Morgan fingerprint density at radius 3 is 2.87 bits per heavy atom. The van der Waals surface area contributed by atoms with Gasteiger partial charge in [-0.1, -0.05) is 18.5 Å². The second kappa shape index (κ2) is 6.36. The van der Waals surface area contributed by atoms with Crippen LogP contribution >= 0.6 is 27.5 Å². The average Bonchev–Trinajstić information content (AvgIpc) is 2.19. The summed E-state index contributed by atoms with van der Waals surface area (Å²) in [6.07, 6.45) is 0.141. The van der Waals surface area contributed by atoms with Crippen LogP contribution in [-0.4, -0.2) is 19.2 Å². The number of hydrogen-bond acceptors (Lipinski definition) is 2. The Morgan fingerprint density at radius 1 is 1.53 bits per heavy atom. The van der Waals surface area contributed by atoms with Gasteiger partial charge in [0.05, 0.1) is 4.47 Å². The minimum atomic E-state index is 0.141. The van der Waals surface area contributed by atoms with Crippen LogP contribution in [0.2, 0.25) is 5.02 Å². The monoisotopic (exact) mass is 291 g/mol. The molecule has 0 aliphatic rings. The van der Waals surface area contributed by atoms with Crippen LogP contribution in [0, 0.1) is 0 Å². The predicted octanol–water partition coefficient (Wildman–Crippen LogP) is 3.48. The highest BCUT2D eigenvalue weighted by atomic mass is 79.9. The predicted molar refractivity (Wildman–Crippen MR) is 67.8 cm³/mol. The first kappa shape index (κ1) is 12.8. The Balaban J connectivity index is 2.56. The van der Waals surface area contributed by atoms with Gasteiger partial charge in [-0.3, -0.25) is 0 Å². The van der Waals surface area contributed by atoms with Gasteiger partial charge in [-0.15, -0.1) is 0 Å². The van der Waals surface area contributed by atoms with Crippen molar-refractivity contribution >= 4 is 27.5 Å². The molecule has 0 saturated carbocycles. The molecule has 0 aliphatic heterocycles. The highest BCUT2D eigenvalue weighted by Crippen LogP contribution is 2.28. The molecule has 0 fully saturated rings. The summed E-state index contributed by atoms with van der Waals surface area (Å²) in [6.45, 7) is 5.90. The molecule has 0 bridgehead atoms. The molecule has 1 unspecified atom stereocenters. The van der Waals surface area contributed by atoms with Crippen LogP contribution in [0.3, 0.4) is 0 Å². The van der Waals surface area contributed by atoms with Crippen LogP contribution in [0.4, 0.5) is 0 Å². The van der Waals surface area contributed by atoms with Gasteiger partial charge >= 0.3 is 0 Å². The standard InChI is InChI=1S/C11H15BrClNO/c1-3-14-7-8(2)15-11-5-4-9(13)6-10(11)12/h4-6,8,14H,3,7H2,1-2H3. The topological polar surface area (TPSA) is 21.3 Å². The van der Waals surface area contributed by atoms with E-state index in [1.165, 1.54) is 0 Å². The van der Waals surface area contributed by atoms with E-state index < -0.39 is 0 Å². The van der Waals surface area contributed by atoms with Gasteiger partial charge < -0.3 is 10.1 Å². The summed E-state index contributed by atoms with van der Waals surface area (Å²) in [5.41, 5.74) is 0. The molecule has 0 heterocycles. The van der Waals surface area contributed by atoms with Gasteiger partial charge in [0.2, 0.25) is 0 Å². The Kier molecular flexibility index (Phi) is 5.43. The van der Waals surface area contributed by atoms with Crippen LogP contribution < -0.4 is 10.1 Å². The molecule has 1 atom stereocenters. The van der Waals surface area contributed by atoms with E-state index in [9.17, 15) is 0 Å². The van der Waals surface area contributed by atoms with Crippen molar-refractivity contribution in [1.29, 1.82) is 0 Å². The Labute approximate surface area is 104 Å². The maximum absolute atomic E-state index is 5.84. The molecule has 0 saturated heterocycles. The lowest BCUT2D eigenvalue weighted by Gasteiger charge is -2.16. The van der Waals surface area contributed by atoms with Crippen molar-refractivity contribution in [3.05, 3.63) is 27.7 Å². The lowest BCUT2D eigenvalue weighted by molar-refractivity contribution is 0.217. The first-order valence-corrected chi connectivity index (χ1v) is 6.13. The fraction of sp³-hybridized carbons (Fsp3) is 0.455. The average molecular weight is 293 g/mol. The fourth-order valence-corrected chi connectivity index (χ4v) is 1.95. The first-order chi connectivity index (χ1) is 7.13. The number of halogens is 2. The van der Waals surface area contributed by atoms with Crippen molar-refractivity contribution in [2.24, 2.45) is 0 Å². The Bertz CT molecular complexity index is 319. The van der Waals surface area contributed by atoms with Gasteiger partial charge in [-0.2, -0.15) is 0 Å². The third-order valence-electron chi connectivity index (χ3n) is 1.90. The third-order valence-corrected chi connectivity index (χ3v) is 2.76. The van der Waals surface area contributed by atoms with Crippen LogP contribution in [-0.2, 0) is 0 Å². The number of hydrogen-bond donors (Lipinski definition) is 1. The van der Waals surface area contributed by atoms with E-state index in [1.54, 1.807) is 0 Å². The van der Waals surface area contributed by atoms with E-state index in [2.05, 4.69) is 28.2 Å². The lowest BCUT2D eigenvalue weighted by atomic mass is 10.3. The van der Waals surface area contributed by atoms with Gasteiger partial charge in [0.25, 0.3) is 0 Å². The smallest absolute Gasteiger partial charge is 0.134 e. The highest BCUT2D eigenvalue weighted by molar-refractivity contribution is 9.10. The number of likely N-dealkylation sites (N-methyl/N-ethyl adjacent to an activating group) is 1. The van der Waals surface area contributed by atoms with Crippen LogP contribution in [0.25, 0.3) is 0 Å². The summed E-state index contributed by atoms with van der Waals surface area (Å²) < 4.78 is 6.62. The maximum atomic E-state index is 5.84. The van der Waals surface area contributed by atoms with Crippen LogP contribution in [0.1, 0.15) is 13.8 Å². The summed E-state index contributed by atoms with van der Waals surface area (Å²) in [7, 11) is 0. The van der Waals surface area contributed by atoms with Gasteiger partial charge in [0, 0.05) is 11.6 Å². The second-order valence-corrected chi connectivity index (χ2v) is 4.60. The van der Waals surface area contributed by atoms with Gasteiger partial charge in [0.15, 0.2) is 0 Å². The molecule has 1 rings (SSSR count). The SMILES string of the molecule is CCNCC(C)Oc1ccc(Cl)cc1Br. The van der Waals surface area contributed by atoms with Crippen molar-refractivity contribution < 1.29 is 4.74 Å². The molecular weight excluding hydrogens is 277 g/mol. The Morgan fingerprint density at radius 2 is 2.27 bits per heavy atom. The summed E-state index contributed by atoms with van der Waals surface area (Å²) >= 11 is 9.25.